The summed E-state index contributed by atoms with van der Waals surface area (Å²) in [4.78, 5) is 28.0. The van der Waals surface area contributed by atoms with Crippen LogP contribution in [0.1, 0.15) is 47.9 Å². The van der Waals surface area contributed by atoms with Crippen molar-refractivity contribution >= 4 is 28.5 Å². The number of hydrogen-bond donors (Lipinski definition) is 1. The number of anilines is 1. The normalized spacial score (nSPS) is 20.3. The number of hydrogen-bond acceptors (Lipinski definition) is 7. The fourth-order valence-electron chi connectivity index (χ4n) is 4.78. The molecule has 0 bridgehead atoms. The molecule has 1 aliphatic carbocycles. The molecule has 1 aliphatic heterocycles. The van der Waals surface area contributed by atoms with E-state index in [0.717, 1.165) is 21.0 Å². The van der Waals surface area contributed by atoms with Crippen molar-refractivity contribution in [2.75, 3.05) is 4.90 Å². The average Bonchev–Trinajstić information content (AvgIpc) is 3.04. The number of Topliss-reactive ketones (excluding diaryl/α,β-unsaturated/α-hetero) is 1. The Bertz CT molecular complexity index is 1250. The largest absolute Gasteiger partial charge is 0.384 e. The molecule has 4 rings (SSSR count). The van der Waals surface area contributed by atoms with Crippen LogP contribution in [0, 0.1) is 40.7 Å². The summed E-state index contributed by atoms with van der Waals surface area (Å²) in [7, 11) is 0. The Morgan fingerprint density at radius 2 is 1.91 bits per heavy atom. The number of allylic oxidation sites excluding steroid dienone is 3. The lowest BCUT2D eigenvalue weighted by Gasteiger charge is -2.43. The zero-order valence-electron chi connectivity index (χ0n) is 18.4. The molecule has 0 saturated carbocycles. The first-order valence-electron chi connectivity index (χ1n) is 10.3. The van der Waals surface area contributed by atoms with E-state index in [0.29, 0.717) is 29.7 Å². The molecule has 0 unspecified atom stereocenters. The molecule has 1 atom stereocenters. The number of nitro groups is 1. The maximum absolute atomic E-state index is 13.5. The lowest BCUT2D eigenvalue weighted by atomic mass is 9.68. The molecule has 0 radical (unpaired) electrons. The van der Waals surface area contributed by atoms with Gasteiger partial charge in [-0.3, -0.25) is 19.8 Å². The topological polar surface area (TPSA) is 113 Å². The van der Waals surface area contributed by atoms with E-state index in [9.17, 15) is 20.2 Å². The first-order valence-corrected chi connectivity index (χ1v) is 11.1. The number of ketones is 1. The highest BCUT2D eigenvalue weighted by molar-refractivity contribution is 7.12. The highest BCUT2D eigenvalue weighted by atomic mass is 32.1. The molecule has 32 heavy (non-hydrogen) atoms. The highest BCUT2D eigenvalue weighted by Gasteiger charge is 2.45. The summed E-state index contributed by atoms with van der Waals surface area (Å²) >= 11 is 1.63. The molecule has 164 valence electrons. The second kappa shape index (κ2) is 7.61. The number of carbonyl (C=O) groups excluding carboxylic acids is 1. The minimum atomic E-state index is -0.502. The SMILES string of the molecule is Cc1cc([C@@H]2C(C#N)=C(N)N(c3ccc([N+](=O)[O-])cc3)C3=C2C(=O)CC(C)(C)C3)c(C)s1. The van der Waals surface area contributed by atoms with Gasteiger partial charge in [-0.15, -0.1) is 11.3 Å². The molecular formula is C24H24N4O3S. The third-order valence-corrected chi connectivity index (χ3v) is 7.07. The van der Waals surface area contributed by atoms with Crippen LogP contribution in [0.5, 0.6) is 0 Å². The van der Waals surface area contributed by atoms with Gasteiger partial charge in [0.25, 0.3) is 5.69 Å². The first kappa shape index (κ1) is 21.8. The van der Waals surface area contributed by atoms with Gasteiger partial charge >= 0.3 is 0 Å². The first-order chi connectivity index (χ1) is 15.0. The van der Waals surface area contributed by atoms with Crippen LogP contribution < -0.4 is 10.6 Å². The summed E-state index contributed by atoms with van der Waals surface area (Å²) in [6, 6.07) is 10.3. The van der Waals surface area contributed by atoms with Gasteiger partial charge in [-0.05, 0) is 49.4 Å². The van der Waals surface area contributed by atoms with Crippen molar-refractivity contribution in [3.05, 3.63) is 78.4 Å². The van der Waals surface area contributed by atoms with Crippen LogP contribution in [-0.2, 0) is 4.79 Å². The highest BCUT2D eigenvalue weighted by Crippen LogP contribution is 2.51. The van der Waals surface area contributed by atoms with Gasteiger partial charge < -0.3 is 5.73 Å². The molecule has 2 aliphatic rings. The number of nitriles is 1. The molecule has 0 saturated heterocycles. The van der Waals surface area contributed by atoms with E-state index < -0.39 is 10.8 Å². The van der Waals surface area contributed by atoms with Gasteiger partial charge in [0, 0.05) is 45.3 Å². The maximum Gasteiger partial charge on any atom is 0.269 e. The van der Waals surface area contributed by atoms with E-state index in [1.807, 2.05) is 33.8 Å². The quantitative estimate of drug-likeness (QED) is 0.509. The number of thiophene rings is 1. The Balaban J connectivity index is 1.98. The summed E-state index contributed by atoms with van der Waals surface area (Å²) in [5, 5.41) is 21.2. The van der Waals surface area contributed by atoms with Crippen molar-refractivity contribution in [2.45, 2.75) is 46.5 Å². The van der Waals surface area contributed by atoms with Gasteiger partial charge in [-0.25, -0.2) is 0 Å². The molecule has 2 N–H and O–H groups in total. The molecule has 1 aromatic heterocycles. The van der Waals surface area contributed by atoms with Crippen LogP contribution in [0.4, 0.5) is 11.4 Å². The van der Waals surface area contributed by atoms with Crippen LogP contribution in [0.3, 0.4) is 0 Å². The van der Waals surface area contributed by atoms with Gasteiger partial charge in [0.1, 0.15) is 5.82 Å². The van der Waals surface area contributed by atoms with E-state index >= 15 is 0 Å². The van der Waals surface area contributed by atoms with Gasteiger partial charge in [0.15, 0.2) is 5.78 Å². The average molecular weight is 449 g/mol. The number of non-ortho nitro benzene ring substituents is 1. The number of carbonyl (C=O) groups is 1. The van der Waals surface area contributed by atoms with Crippen molar-refractivity contribution < 1.29 is 9.72 Å². The molecule has 2 aromatic rings. The van der Waals surface area contributed by atoms with Crippen molar-refractivity contribution in [3.8, 4) is 6.07 Å². The number of rotatable bonds is 3. The van der Waals surface area contributed by atoms with Crippen LogP contribution in [0.2, 0.25) is 0 Å². The van der Waals surface area contributed by atoms with Gasteiger partial charge in [0.2, 0.25) is 0 Å². The minimum Gasteiger partial charge on any atom is -0.384 e. The minimum absolute atomic E-state index is 0.0108. The lowest BCUT2D eigenvalue weighted by molar-refractivity contribution is -0.384. The van der Waals surface area contributed by atoms with Crippen LogP contribution in [0.15, 0.2) is 53.0 Å². The van der Waals surface area contributed by atoms with Crippen molar-refractivity contribution in [1.82, 2.24) is 0 Å². The van der Waals surface area contributed by atoms with Gasteiger partial charge in [-0.2, -0.15) is 5.26 Å². The Hall–Kier alpha value is -3.44. The Morgan fingerprint density at radius 3 is 2.44 bits per heavy atom. The Kier molecular flexibility index (Phi) is 5.18. The zero-order chi connectivity index (χ0) is 23.4. The molecule has 2 heterocycles. The van der Waals surface area contributed by atoms with Crippen molar-refractivity contribution in [2.24, 2.45) is 11.1 Å². The maximum atomic E-state index is 13.5. The van der Waals surface area contributed by atoms with Crippen LogP contribution in [-0.4, -0.2) is 10.7 Å². The Morgan fingerprint density at radius 1 is 1.25 bits per heavy atom. The smallest absolute Gasteiger partial charge is 0.269 e. The predicted molar refractivity (Wildman–Crippen MR) is 124 cm³/mol. The summed E-state index contributed by atoms with van der Waals surface area (Å²) in [6.45, 7) is 8.08. The second-order valence-corrected chi connectivity index (χ2v) is 10.6. The molecule has 0 fully saturated rings. The van der Waals surface area contributed by atoms with Crippen LogP contribution >= 0.6 is 11.3 Å². The van der Waals surface area contributed by atoms with E-state index in [-0.39, 0.29) is 22.7 Å². The third-order valence-electron chi connectivity index (χ3n) is 6.09. The number of nitro benzene ring substituents is 1. The van der Waals surface area contributed by atoms with Gasteiger partial charge in [-0.1, -0.05) is 13.8 Å². The van der Waals surface area contributed by atoms with E-state index in [1.165, 1.54) is 12.1 Å². The summed E-state index contributed by atoms with van der Waals surface area (Å²) in [5.41, 5.74) is 9.52. The van der Waals surface area contributed by atoms with Crippen molar-refractivity contribution in [3.63, 3.8) is 0 Å². The lowest BCUT2D eigenvalue weighted by Crippen LogP contribution is -2.42. The molecule has 0 amide bonds. The third kappa shape index (κ3) is 3.49. The van der Waals surface area contributed by atoms with Gasteiger partial charge in [0.05, 0.1) is 22.5 Å². The summed E-state index contributed by atoms with van der Waals surface area (Å²) < 4.78 is 0. The number of nitrogens with zero attached hydrogens (tertiary/aromatic N) is 3. The standard InChI is InChI=1S/C24H24N4O3S/c1-13-9-17(14(2)32-13)21-18(12-25)23(26)27(15-5-7-16(8-6-15)28(30)31)19-10-24(3,4)11-20(29)22(19)21/h5-9,21H,10-11,26H2,1-4H3/t21-/m1/s1. The molecule has 8 heteroatoms. The number of nitrogens with two attached hydrogens (primary N) is 1. The number of aryl methyl sites for hydroxylation is 2. The Labute approximate surface area is 190 Å². The zero-order valence-corrected chi connectivity index (χ0v) is 19.2. The predicted octanol–water partition coefficient (Wildman–Crippen LogP) is 5.21. The summed E-state index contributed by atoms with van der Waals surface area (Å²) in [5.74, 6) is -0.228. The van der Waals surface area contributed by atoms with Crippen LogP contribution in [0.25, 0.3) is 0 Å². The molecule has 1 aromatic carbocycles. The summed E-state index contributed by atoms with van der Waals surface area (Å²) in [6.07, 6.45) is 0.986. The number of benzene rings is 1. The molecule has 7 nitrogen and oxygen atoms in total. The monoisotopic (exact) mass is 448 g/mol. The van der Waals surface area contributed by atoms with E-state index in [4.69, 9.17) is 5.73 Å². The fraction of sp³-hybridized carbons (Fsp3) is 0.333. The second-order valence-electron chi connectivity index (χ2n) is 9.12. The van der Waals surface area contributed by atoms with E-state index in [1.54, 1.807) is 28.4 Å². The fourth-order valence-corrected chi connectivity index (χ4v) is 5.74. The van der Waals surface area contributed by atoms with Crippen molar-refractivity contribution in [1.29, 1.82) is 5.26 Å². The van der Waals surface area contributed by atoms with E-state index in [2.05, 4.69) is 6.07 Å². The molecular weight excluding hydrogens is 424 g/mol. The molecule has 0 spiro atoms.